The molecular weight excluding hydrogens is 340 g/mol. The Morgan fingerprint density at radius 3 is 2.19 bits per heavy atom. The van der Waals surface area contributed by atoms with Crippen LogP contribution in [-0.4, -0.2) is 32.6 Å². The predicted molar refractivity (Wildman–Crippen MR) is 82.3 cm³/mol. The summed E-state index contributed by atoms with van der Waals surface area (Å²) in [6, 6.07) is 1.57. The summed E-state index contributed by atoms with van der Waals surface area (Å²) < 4.78 is 16.0. The van der Waals surface area contributed by atoms with E-state index in [1.165, 1.54) is 14.2 Å². The molecule has 116 valence electrons. The van der Waals surface area contributed by atoms with Gasteiger partial charge in [-0.15, -0.1) is 0 Å². The lowest BCUT2D eigenvalue weighted by Crippen LogP contribution is -2.20. The Labute approximate surface area is 132 Å². The molecule has 0 saturated heterocycles. The second kappa shape index (κ2) is 7.45. The number of esters is 1. The minimum absolute atomic E-state index is 0.0321. The van der Waals surface area contributed by atoms with Crippen LogP contribution < -0.4 is 9.47 Å². The van der Waals surface area contributed by atoms with Gasteiger partial charge < -0.3 is 14.2 Å². The Morgan fingerprint density at radius 2 is 1.76 bits per heavy atom. The van der Waals surface area contributed by atoms with Crippen LogP contribution in [0.15, 0.2) is 10.5 Å². The molecule has 0 aliphatic heterocycles. The quantitative estimate of drug-likeness (QED) is 0.443. The maximum atomic E-state index is 12.3. The Hall–Kier alpha value is -1.56. The first-order chi connectivity index (χ1) is 9.88. The zero-order valence-electron chi connectivity index (χ0n) is 12.8. The van der Waals surface area contributed by atoms with Gasteiger partial charge in [0.15, 0.2) is 11.5 Å². The van der Waals surface area contributed by atoms with Crippen molar-refractivity contribution >= 4 is 27.7 Å². The Morgan fingerprint density at radius 1 is 1.19 bits per heavy atom. The highest BCUT2D eigenvalue weighted by molar-refractivity contribution is 9.10. The summed E-state index contributed by atoms with van der Waals surface area (Å²) in [5, 5.41) is 0. The molecular formula is C15H19BrO5. The lowest BCUT2D eigenvalue weighted by molar-refractivity contribution is -0.137. The molecule has 0 heterocycles. The number of ether oxygens (including phenoxy) is 3. The lowest BCUT2D eigenvalue weighted by Gasteiger charge is -2.19. The normalized spacial score (nSPS) is 10.4. The van der Waals surface area contributed by atoms with Crippen LogP contribution in [0.1, 0.15) is 42.6 Å². The third-order valence-corrected chi connectivity index (χ3v) is 3.51. The molecule has 0 atom stereocenters. The average molecular weight is 359 g/mol. The average Bonchev–Trinajstić information content (AvgIpc) is 2.44. The van der Waals surface area contributed by atoms with Gasteiger partial charge in [-0.2, -0.15) is 0 Å². The first kappa shape index (κ1) is 17.5. The van der Waals surface area contributed by atoms with Crippen molar-refractivity contribution in [3.8, 4) is 11.5 Å². The van der Waals surface area contributed by atoms with E-state index in [0.29, 0.717) is 21.5 Å². The van der Waals surface area contributed by atoms with Crippen LogP contribution in [0.2, 0.25) is 0 Å². The van der Waals surface area contributed by atoms with E-state index < -0.39 is 11.8 Å². The van der Waals surface area contributed by atoms with Crippen LogP contribution in [0.5, 0.6) is 11.5 Å². The number of Topliss-reactive ketones (excluding diaryl/α,β-unsaturated/α-hetero) is 1. The van der Waals surface area contributed by atoms with Gasteiger partial charge in [0.05, 0.1) is 25.3 Å². The second-order valence-electron chi connectivity index (χ2n) is 4.59. The van der Waals surface area contributed by atoms with E-state index in [4.69, 9.17) is 14.2 Å². The molecule has 0 aliphatic carbocycles. The molecule has 0 N–H and O–H groups in total. The van der Waals surface area contributed by atoms with Crippen molar-refractivity contribution in [2.24, 2.45) is 0 Å². The molecule has 0 aliphatic rings. The topological polar surface area (TPSA) is 61.8 Å². The molecule has 0 amide bonds. The standard InChI is InChI=1S/C15H19BrO5/c1-6-21-15(18)12(17)9-7-10(16)13(19-4)14(20-5)11(9)8(2)3/h7-8H,6H2,1-5H3. The maximum absolute atomic E-state index is 12.3. The number of methoxy groups -OCH3 is 2. The van der Waals surface area contributed by atoms with Crippen molar-refractivity contribution in [2.75, 3.05) is 20.8 Å². The van der Waals surface area contributed by atoms with Gasteiger partial charge in [-0.25, -0.2) is 4.79 Å². The first-order valence-corrected chi connectivity index (χ1v) is 7.34. The molecule has 1 aromatic rings. The van der Waals surface area contributed by atoms with Gasteiger partial charge in [-0.1, -0.05) is 13.8 Å². The molecule has 1 rings (SSSR count). The summed E-state index contributed by atoms with van der Waals surface area (Å²) in [4.78, 5) is 24.0. The fraction of sp³-hybridized carbons (Fsp3) is 0.467. The molecule has 1 aromatic carbocycles. The molecule has 0 aromatic heterocycles. The van der Waals surface area contributed by atoms with Crippen LogP contribution in [-0.2, 0) is 9.53 Å². The third kappa shape index (κ3) is 3.56. The minimum Gasteiger partial charge on any atom is -0.492 e. The summed E-state index contributed by atoms with van der Waals surface area (Å²) in [5.74, 6) is -0.674. The lowest BCUT2D eigenvalue weighted by atomic mass is 9.93. The molecule has 0 fully saturated rings. The van der Waals surface area contributed by atoms with Crippen LogP contribution in [0.4, 0.5) is 0 Å². The van der Waals surface area contributed by atoms with Crippen molar-refractivity contribution in [3.05, 3.63) is 21.7 Å². The van der Waals surface area contributed by atoms with Gasteiger partial charge in [-0.3, -0.25) is 4.79 Å². The molecule has 6 heteroatoms. The fourth-order valence-corrected chi connectivity index (χ4v) is 2.65. The van der Waals surface area contributed by atoms with E-state index in [1.807, 2.05) is 13.8 Å². The fourth-order valence-electron chi connectivity index (χ4n) is 2.08. The number of hydrogen-bond donors (Lipinski definition) is 0. The molecule has 0 unspecified atom stereocenters. The van der Waals surface area contributed by atoms with Gasteiger partial charge in [0.2, 0.25) is 0 Å². The zero-order chi connectivity index (χ0) is 16.2. The highest BCUT2D eigenvalue weighted by atomic mass is 79.9. The van der Waals surface area contributed by atoms with Gasteiger partial charge in [0.1, 0.15) is 0 Å². The Bertz CT molecular complexity index is 551. The summed E-state index contributed by atoms with van der Waals surface area (Å²) in [7, 11) is 3.01. The molecule has 0 bridgehead atoms. The van der Waals surface area contributed by atoms with Gasteiger partial charge in [0.25, 0.3) is 5.78 Å². The molecule has 0 saturated carbocycles. The second-order valence-corrected chi connectivity index (χ2v) is 5.44. The molecule has 5 nitrogen and oxygen atoms in total. The molecule has 0 spiro atoms. The highest BCUT2D eigenvalue weighted by Crippen LogP contribution is 2.43. The number of carbonyl (C=O) groups excluding carboxylic acids is 2. The van der Waals surface area contributed by atoms with Crippen molar-refractivity contribution in [1.82, 2.24) is 0 Å². The Kier molecular flexibility index (Phi) is 6.20. The summed E-state index contributed by atoms with van der Waals surface area (Å²) in [6.45, 7) is 5.62. The van der Waals surface area contributed by atoms with Crippen molar-refractivity contribution in [2.45, 2.75) is 26.7 Å². The molecule has 0 radical (unpaired) electrons. The van der Waals surface area contributed by atoms with Crippen LogP contribution in [0.25, 0.3) is 0 Å². The number of benzene rings is 1. The van der Waals surface area contributed by atoms with E-state index in [2.05, 4.69) is 15.9 Å². The van der Waals surface area contributed by atoms with E-state index in [-0.39, 0.29) is 18.1 Å². The van der Waals surface area contributed by atoms with Crippen molar-refractivity contribution < 1.29 is 23.8 Å². The third-order valence-electron chi connectivity index (χ3n) is 2.92. The van der Waals surface area contributed by atoms with Gasteiger partial charge in [-0.05, 0) is 34.8 Å². The van der Waals surface area contributed by atoms with E-state index in [0.717, 1.165) is 0 Å². The number of carbonyl (C=O) groups is 2. The number of ketones is 1. The van der Waals surface area contributed by atoms with Crippen LogP contribution in [0.3, 0.4) is 0 Å². The van der Waals surface area contributed by atoms with Crippen molar-refractivity contribution in [1.29, 1.82) is 0 Å². The highest BCUT2D eigenvalue weighted by Gasteiger charge is 2.28. The predicted octanol–water partition coefficient (Wildman–Crippen LogP) is 3.34. The monoisotopic (exact) mass is 358 g/mol. The first-order valence-electron chi connectivity index (χ1n) is 6.54. The van der Waals surface area contributed by atoms with E-state index >= 15 is 0 Å². The summed E-state index contributed by atoms with van der Waals surface area (Å²) in [5.41, 5.74) is 0.878. The SMILES string of the molecule is CCOC(=O)C(=O)c1cc(Br)c(OC)c(OC)c1C(C)C. The van der Waals surface area contributed by atoms with Crippen LogP contribution in [0, 0.1) is 0 Å². The number of rotatable bonds is 6. The number of halogens is 1. The minimum atomic E-state index is -0.876. The van der Waals surface area contributed by atoms with Crippen LogP contribution >= 0.6 is 15.9 Å². The van der Waals surface area contributed by atoms with Crippen molar-refractivity contribution in [3.63, 3.8) is 0 Å². The zero-order valence-corrected chi connectivity index (χ0v) is 14.4. The number of hydrogen-bond acceptors (Lipinski definition) is 5. The van der Waals surface area contributed by atoms with Gasteiger partial charge in [0, 0.05) is 11.1 Å². The maximum Gasteiger partial charge on any atom is 0.379 e. The summed E-state index contributed by atoms with van der Waals surface area (Å²) >= 11 is 3.33. The van der Waals surface area contributed by atoms with E-state index in [9.17, 15) is 9.59 Å². The van der Waals surface area contributed by atoms with E-state index in [1.54, 1.807) is 13.0 Å². The molecule has 21 heavy (non-hydrogen) atoms. The Balaban J connectivity index is 3.55. The smallest absolute Gasteiger partial charge is 0.379 e. The largest absolute Gasteiger partial charge is 0.492 e. The summed E-state index contributed by atoms with van der Waals surface area (Å²) in [6.07, 6.45) is 0. The van der Waals surface area contributed by atoms with Gasteiger partial charge >= 0.3 is 5.97 Å².